The highest BCUT2D eigenvalue weighted by Gasteiger charge is 2.31. The fraction of sp³-hybridized carbons (Fsp3) is 0.615. The molecule has 1 aromatic heterocycles. The van der Waals surface area contributed by atoms with Gasteiger partial charge in [0.25, 0.3) is 0 Å². The monoisotopic (exact) mass is 520 g/mol. The molecule has 3 rings (SSSR count). The van der Waals surface area contributed by atoms with Crippen LogP contribution in [0, 0.1) is 11.3 Å². The number of methoxy groups -OCH3 is 1. The molecular weight excluding hydrogens is 484 g/mol. The number of H-pyrrole nitrogens is 1. The third-order valence-electron chi connectivity index (χ3n) is 6.40. The summed E-state index contributed by atoms with van der Waals surface area (Å²) >= 11 is 6.38. The number of nitrogens with zero attached hydrogens (tertiary/aromatic N) is 3. The van der Waals surface area contributed by atoms with Crippen molar-refractivity contribution in [3.8, 4) is 5.75 Å². The predicted octanol–water partition coefficient (Wildman–Crippen LogP) is 4.18. The molecule has 0 aliphatic heterocycles. The number of carbonyl (C=O) groups excluding carboxylic acids is 1. The van der Waals surface area contributed by atoms with Crippen molar-refractivity contribution >= 4 is 23.3 Å². The van der Waals surface area contributed by atoms with Crippen molar-refractivity contribution in [1.82, 2.24) is 14.1 Å². The van der Waals surface area contributed by atoms with Crippen molar-refractivity contribution in [2.75, 3.05) is 7.11 Å². The van der Waals surface area contributed by atoms with E-state index in [-0.39, 0.29) is 24.2 Å². The number of carbonyl (C=O) groups is 1. The first kappa shape index (κ1) is 27.8. The number of rotatable bonds is 8. The molecular formula is C26H37ClN4O5. The quantitative estimate of drug-likeness (QED) is 0.415. The number of hydrogen-bond acceptors (Lipinski definition) is 6. The van der Waals surface area contributed by atoms with Gasteiger partial charge < -0.3 is 9.47 Å². The van der Waals surface area contributed by atoms with Crippen LogP contribution in [0.5, 0.6) is 5.75 Å². The van der Waals surface area contributed by atoms with E-state index in [4.69, 9.17) is 21.1 Å². The van der Waals surface area contributed by atoms with E-state index in [2.05, 4.69) is 9.98 Å². The SMILES string of the molecule is COC(=O)C(C)(C)Cn1c(=O)[nH]/c(=N\c2ccc(OC(C)C)c(Cl)c2)n(CC2CCCCCC2)c1=O. The van der Waals surface area contributed by atoms with Gasteiger partial charge in [0.15, 0.2) is 0 Å². The summed E-state index contributed by atoms with van der Waals surface area (Å²) in [6.07, 6.45) is 6.56. The summed E-state index contributed by atoms with van der Waals surface area (Å²) < 4.78 is 13.1. The molecule has 0 radical (unpaired) electrons. The van der Waals surface area contributed by atoms with Crippen LogP contribution >= 0.6 is 11.6 Å². The summed E-state index contributed by atoms with van der Waals surface area (Å²) in [6.45, 7) is 7.41. The van der Waals surface area contributed by atoms with Gasteiger partial charge in [-0.1, -0.05) is 37.3 Å². The van der Waals surface area contributed by atoms with Gasteiger partial charge in [0.1, 0.15) is 5.75 Å². The minimum absolute atomic E-state index is 0.0368. The van der Waals surface area contributed by atoms with Crippen molar-refractivity contribution in [1.29, 1.82) is 0 Å². The molecule has 9 nitrogen and oxygen atoms in total. The molecule has 0 unspecified atom stereocenters. The second kappa shape index (κ2) is 12.0. The zero-order valence-corrected chi connectivity index (χ0v) is 22.6. The molecule has 2 aromatic rings. The molecule has 1 fully saturated rings. The lowest BCUT2D eigenvalue weighted by atomic mass is 9.94. The van der Waals surface area contributed by atoms with Crippen LogP contribution in [-0.2, 0) is 22.6 Å². The number of aromatic amines is 1. The van der Waals surface area contributed by atoms with Crippen LogP contribution in [-0.4, -0.2) is 33.3 Å². The second-order valence-corrected chi connectivity index (χ2v) is 10.8. The van der Waals surface area contributed by atoms with Gasteiger partial charge in [-0.2, -0.15) is 0 Å². The lowest BCUT2D eigenvalue weighted by molar-refractivity contribution is -0.151. The van der Waals surface area contributed by atoms with Gasteiger partial charge in [-0.05, 0) is 64.7 Å². The van der Waals surface area contributed by atoms with Gasteiger partial charge in [0, 0.05) is 13.1 Å². The van der Waals surface area contributed by atoms with Gasteiger partial charge in [-0.3, -0.25) is 14.3 Å². The van der Waals surface area contributed by atoms with Crippen LogP contribution in [0.2, 0.25) is 5.02 Å². The topological polar surface area (TPSA) is 108 Å². The van der Waals surface area contributed by atoms with Gasteiger partial charge in [-0.25, -0.2) is 19.1 Å². The van der Waals surface area contributed by atoms with Crippen molar-refractivity contribution in [3.63, 3.8) is 0 Å². The molecule has 0 bridgehead atoms. The first-order valence-electron chi connectivity index (χ1n) is 12.5. The van der Waals surface area contributed by atoms with Crippen LogP contribution in [0.15, 0.2) is 32.8 Å². The Bertz CT molecular complexity index is 1250. The number of nitrogens with one attached hydrogen (secondary N) is 1. The van der Waals surface area contributed by atoms with E-state index in [0.717, 1.165) is 30.3 Å². The van der Waals surface area contributed by atoms with Gasteiger partial charge in [-0.15, -0.1) is 0 Å². The summed E-state index contributed by atoms with van der Waals surface area (Å²) in [5, 5.41) is 0.385. The van der Waals surface area contributed by atoms with E-state index in [0.29, 0.717) is 23.0 Å². The number of aromatic nitrogens is 3. The Labute approximate surface area is 216 Å². The lowest BCUT2D eigenvalue weighted by Crippen LogP contribution is -2.52. The van der Waals surface area contributed by atoms with Crippen molar-refractivity contribution in [2.24, 2.45) is 16.3 Å². The molecule has 198 valence electrons. The van der Waals surface area contributed by atoms with E-state index < -0.39 is 22.8 Å². The van der Waals surface area contributed by atoms with Crippen LogP contribution in [0.25, 0.3) is 0 Å². The first-order valence-corrected chi connectivity index (χ1v) is 12.9. The third kappa shape index (κ3) is 6.90. The lowest BCUT2D eigenvalue weighted by Gasteiger charge is -2.23. The molecule has 0 saturated heterocycles. The summed E-state index contributed by atoms with van der Waals surface area (Å²) in [6, 6.07) is 5.08. The molecule has 0 atom stereocenters. The average Bonchev–Trinajstić information content (AvgIpc) is 3.09. The number of ether oxygens (including phenoxy) is 2. The zero-order chi connectivity index (χ0) is 26.5. The van der Waals surface area contributed by atoms with E-state index >= 15 is 0 Å². The number of esters is 1. The molecule has 1 aromatic carbocycles. The maximum absolute atomic E-state index is 13.6. The van der Waals surface area contributed by atoms with Gasteiger partial charge in [0.2, 0.25) is 5.62 Å². The minimum Gasteiger partial charge on any atom is -0.489 e. The Morgan fingerprint density at radius 2 is 1.83 bits per heavy atom. The van der Waals surface area contributed by atoms with Crippen LogP contribution < -0.4 is 21.7 Å². The molecule has 1 aliphatic carbocycles. The van der Waals surface area contributed by atoms with Crippen LogP contribution in [0.3, 0.4) is 0 Å². The van der Waals surface area contributed by atoms with Crippen molar-refractivity contribution in [3.05, 3.63) is 49.8 Å². The Morgan fingerprint density at radius 1 is 1.17 bits per heavy atom. The minimum atomic E-state index is -1.07. The number of hydrogen-bond donors (Lipinski definition) is 1. The Hall–Kier alpha value is -2.81. The van der Waals surface area contributed by atoms with Crippen molar-refractivity contribution in [2.45, 2.75) is 85.4 Å². The zero-order valence-electron chi connectivity index (χ0n) is 21.8. The maximum atomic E-state index is 13.6. The van der Waals surface area contributed by atoms with E-state index in [1.807, 2.05) is 13.8 Å². The standard InChI is InChI=1S/C26H37ClN4O5/c1-17(2)36-21-13-12-19(14-20(21)27)28-23-29-24(33)31(16-26(3,4)22(32)35-5)25(34)30(23)15-18-10-8-6-7-9-11-18/h12-14,17-18H,6-11,15-16H2,1-5H3,(H,28,29,33). The molecule has 36 heavy (non-hydrogen) atoms. The molecule has 1 saturated carbocycles. The highest BCUT2D eigenvalue weighted by molar-refractivity contribution is 6.32. The molecule has 1 N–H and O–H groups in total. The van der Waals surface area contributed by atoms with Crippen LogP contribution in [0.4, 0.5) is 5.69 Å². The smallest absolute Gasteiger partial charge is 0.335 e. The number of benzene rings is 1. The molecule has 1 heterocycles. The van der Waals surface area contributed by atoms with Crippen molar-refractivity contribution < 1.29 is 14.3 Å². The molecule has 0 spiro atoms. The van der Waals surface area contributed by atoms with Gasteiger partial charge >= 0.3 is 17.3 Å². The fourth-order valence-corrected chi connectivity index (χ4v) is 4.74. The highest BCUT2D eigenvalue weighted by atomic mass is 35.5. The fourth-order valence-electron chi connectivity index (χ4n) is 4.52. The Morgan fingerprint density at radius 3 is 2.42 bits per heavy atom. The normalized spacial score (nSPS) is 15.7. The second-order valence-electron chi connectivity index (χ2n) is 10.4. The maximum Gasteiger partial charge on any atom is 0.335 e. The van der Waals surface area contributed by atoms with E-state index in [1.54, 1.807) is 32.0 Å². The predicted molar refractivity (Wildman–Crippen MR) is 139 cm³/mol. The third-order valence-corrected chi connectivity index (χ3v) is 6.70. The summed E-state index contributed by atoms with van der Waals surface area (Å²) in [7, 11) is 1.29. The van der Waals surface area contributed by atoms with Gasteiger partial charge in [0.05, 0.1) is 29.3 Å². The highest BCUT2D eigenvalue weighted by Crippen LogP contribution is 2.29. The number of halogens is 1. The Balaban J connectivity index is 2.12. The molecule has 1 aliphatic rings. The summed E-state index contributed by atoms with van der Waals surface area (Å²) in [5.41, 5.74) is -1.59. The average molecular weight is 521 g/mol. The largest absolute Gasteiger partial charge is 0.489 e. The van der Waals surface area contributed by atoms with E-state index in [1.165, 1.54) is 24.5 Å². The van der Waals surface area contributed by atoms with Crippen LogP contribution in [0.1, 0.15) is 66.2 Å². The molecule has 0 amide bonds. The Kier molecular flexibility index (Phi) is 9.22. The summed E-state index contributed by atoms with van der Waals surface area (Å²) in [5.74, 6) is 0.319. The molecule has 10 heteroatoms. The van der Waals surface area contributed by atoms with E-state index in [9.17, 15) is 14.4 Å². The summed E-state index contributed by atoms with van der Waals surface area (Å²) in [4.78, 5) is 46.2. The first-order chi connectivity index (χ1) is 17.0.